The van der Waals surface area contributed by atoms with Crippen LogP contribution in [0.2, 0.25) is 24.2 Å². The zero-order valence-electron chi connectivity index (χ0n) is 40.2. The standard InChI is InChI=1S/C55H82OSi/c1-33-25-42-41(35-21-23-37(24-22-35)51(3,4)5)30-40(54(12,13)14)31-44(42)49(33)57(19,20)50-34(2)26-43-45(50)32-46(55(15,16)17)48(56-18)47(43)36-27-38(52(6,7)8)29-39(28-36)53(9,10)11/h21-24,27-34,42-45,49-50H,25-26H2,1-20H3. The Morgan fingerprint density at radius 2 is 1.02 bits per heavy atom. The average molecular weight is 787 g/mol. The maximum absolute atomic E-state index is 6.63. The van der Waals surface area contributed by atoms with Gasteiger partial charge in [-0.2, -0.15) is 0 Å². The molecule has 2 aromatic carbocycles. The predicted molar refractivity (Wildman–Crippen MR) is 252 cm³/mol. The molecule has 0 aliphatic heterocycles. The Bertz CT molecular complexity index is 1930. The first-order chi connectivity index (χ1) is 26.0. The fourth-order valence-corrected chi connectivity index (χ4v) is 18.6. The largest absolute Gasteiger partial charge is 0.496 e. The molecule has 0 N–H and O–H groups in total. The minimum absolute atomic E-state index is 0.0279. The number of methoxy groups -OCH3 is 1. The highest BCUT2D eigenvalue weighted by Crippen LogP contribution is 2.67. The second-order valence-electron chi connectivity index (χ2n) is 25.0. The van der Waals surface area contributed by atoms with E-state index in [1.165, 1.54) is 57.4 Å². The Balaban J connectivity index is 1.48. The molecule has 2 fully saturated rings. The summed E-state index contributed by atoms with van der Waals surface area (Å²) < 4.78 is 6.63. The molecule has 1 nitrogen and oxygen atoms in total. The van der Waals surface area contributed by atoms with E-state index in [1.807, 2.05) is 7.11 Å². The van der Waals surface area contributed by atoms with Gasteiger partial charge in [0, 0.05) is 5.57 Å². The van der Waals surface area contributed by atoms with Crippen LogP contribution < -0.4 is 0 Å². The van der Waals surface area contributed by atoms with Crippen molar-refractivity contribution in [3.05, 3.63) is 105 Å². The van der Waals surface area contributed by atoms with E-state index in [0.29, 0.717) is 41.0 Å². The molecule has 8 atom stereocenters. The molecule has 0 aromatic heterocycles. The highest BCUT2D eigenvalue weighted by atomic mass is 28.3. The monoisotopic (exact) mass is 787 g/mol. The second-order valence-corrected chi connectivity index (χ2v) is 30.0. The van der Waals surface area contributed by atoms with Crippen molar-refractivity contribution >= 4 is 19.2 Å². The van der Waals surface area contributed by atoms with Gasteiger partial charge in [-0.25, -0.2) is 0 Å². The third-order valence-corrected chi connectivity index (χ3v) is 20.5. The van der Waals surface area contributed by atoms with Gasteiger partial charge in [-0.05, 0) is 131 Å². The molecular formula is C55H82OSi. The molecule has 2 saturated carbocycles. The lowest BCUT2D eigenvalue weighted by atomic mass is 9.70. The summed E-state index contributed by atoms with van der Waals surface area (Å²) in [5.41, 5.74) is 14.9. The fraction of sp³-hybridized carbons (Fsp3) is 0.636. The molecule has 2 aromatic rings. The van der Waals surface area contributed by atoms with E-state index in [1.54, 1.807) is 5.57 Å². The molecule has 312 valence electrons. The van der Waals surface area contributed by atoms with E-state index in [4.69, 9.17) is 4.74 Å². The van der Waals surface area contributed by atoms with E-state index in [9.17, 15) is 0 Å². The third kappa shape index (κ3) is 8.18. The van der Waals surface area contributed by atoms with E-state index in [0.717, 1.165) is 11.3 Å². The van der Waals surface area contributed by atoms with Gasteiger partial charge in [0.05, 0.1) is 15.2 Å². The number of hydrogen-bond donors (Lipinski definition) is 0. The van der Waals surface area contributed by atoms with Gasteiger partial charge in [0.15, 0.2) is 0 Å². The van der Waals surface area contributed by atoms with Crippen LogP contribution in [0.15, 0.2) is 77.6 Å². The molecule has 4 aliphatic carbocycles. The second kappa shape index (κ2) is 14.6. The summed E-state index contributed by atoms with van der Waals surface area (Å²) in [6, 6.07) is 17.3. The Morgan fingerprint density at radius 1 is 0.544 bits per heavy atom. The molecule has 0 spiro atoms. The summed E-state index contributed by atoms with van der Waals surface area (Å²) >= 11 is 0. The number of fused-ring (bicyclic) bond motifs is 2. The molecule has 6 rings (SSSR count). The summed E-state index contributed by atoms with van der Waals surface area (Å²) in [6.45, 7) is 46.7. The molecule has 0 bridgehead atoms. The van der Waals surface area contributed by atoms with Crippen LogP contribution in [0.5, 0.6) is 0 Å². The Hall–Kier alpha value is -2.58. The minimum atomic E-state index is -1.95. The molecule has 0 radical (unpaired) electrons. The number of benzene rings is 2. The lowest BCUT2D eigenvalue weighted by molar-refractivity contribution is 0.274. The highest BCUT2D eigenvalue weighted by Gasteiger charge is 2.59. The van der Waals surface area contributed by atoms with Gasteiger partial charge in [-0.1, -0.05) is 191 Å². The smallest absolute Gasteiger partial charge is 0.126 e. The van der Waals surface area contributed by atoms with Crippen molar-refractivity contribution in [2.75, 3.05) is 7.11 Å². The van der Waals surface area contributed by atoms with Crippen LogP contribution in [0.4, 0.5) is 0 Å². The number of allylic oxidation sites excluding steroid dienone is 7. The topological polar surface area (TPSA) is 9.23 Å². The SMILES string of the molecule is COC1=C(c2cc(C(C)(C)C)cc(C(C)(C)C)c2)C2CC(C)C([Si](C)(C)C3C(C)CC4C(c5ccc(C(C)(C)C)cc5)=CC(C(C)(C)C)=CC43)C2C=C1C(C)(C)C. The zero-order chi connectivity index (χ0) is 42.6. The van der Waals surface area contributed by atoms with Gasteiger partial charge in [0.25, 0.3) is 0 Å². The first-order valence-corrected chi connectivity index (χ1v) is 25.8. The zero-order valence-corrected chi connectivity index (χ0v) is 41.2. The quantitative estimate of drug-likeness (QED) is 0.274. The maximum Gasteiger partial charge on any atom is 0.126 e. The van der Waals surface area contributed by atoms with Crippen molar-refractivity contribution in [1.29, 1.82) is 0 Å². The van der Waals surface area contributed by atoms with E-state index in [-0.39, 0.29) is 27.1 Å². The van der Waals surface area contributed by atoms with Crippen molar-refractivity contribution in [3.8, 4) is 0 Å². The minimum Gasteiger partial charge on any atom is -0.496 e. The molecule has 57 heavy (non-hydrogen) atoms. The van der Waals surface area contributed by atoms with Crippen molar-refractivity contribution in [1.82, 2.24) is 0 Å². The number of ether oxygens (including phenoxy) is 1. The van der Waals surface area contributed by atoms with Crippen molar-refractivity contribution in [2.45, 2.75) is 171 Å². The molecule has 4 aliphatic rings. The number of rotatable bonds is 5. The van der Waals surface area contributed by atoms with Crippen LogP contribution >= 0.6 is 0 Å². The van der Waals surface area contributed by atoms with Gasteiger partial charge in [-0.3, -0.25) is 0 Å². The first-order valence-electron chi connectivity index (χ1n) is 22.7. The number of hydrogen-bond acceptors (Lipinski definition) is 1. The van der Waals surface area contributed by atoms with Crippen LogP contribution in [-0.4, -0.2) is 15.2 Å². The lowest BCUT2D eigenvalue weighted by Crippen LogP contribution is -2.46. The first kappa shape index (κ1) is 44.0. The van der Waals surface area contributed by atoms with Crippen molar-refractivity contribution < 1.29 is 4.74 Å². The Morgan fingerprint density at radius 3 is 1.46 bits per heavy atom. The fourth-order valence-electron chi connectivity index (χ4n) is 12.3. The summed E-state index contributed by atoms with van der Waals surface area (Å²) in [7, 11) is -0.00884. The van der Waals surface area contributed by atoms with Crippen LogP contribution in [-0.2, 0) is 21.0 Å². The van der Waals surface area contributed by atoms with Gasteiger partial charge < -0.3 is 4.74 Å². The molecular weight excluding hydrogens is 705 g/mol. The van der Waals surface area contributed by atoms with Crippen molar-refractivity contribution in [2.24, 2.45) is 46.3 Å². The Labute approximate surface area is 352 Å². The maximum atomic E-state index is 6.63. The predicted octanol–water partition coefficient (Wildman–Crippen LogP) is 16.0. The van der Waals surface area contributed by atoms with E-state index in [2.05, 4.69) is 191 Å². The highest BCUT2D eigenvalue weighted by molar-refractivity contribution is 6.80. The molecule has 8 unspecified atom stereocenters. The van der Waals surface area contributed by atoms with Crippen LogP contribution in [0.25, 0.3) is 11.1 Å². The molecule has 2 heteroatoms. The van der Waals surface area contributed by atoms with Crippen LogP contribution in [0.1, 0.15) is 158 Å². The van der Waals surface area contributed by atoms with Gasteiger partial charge in [0.2, 0.25) is 0 Å². The molecule has 0 heterocycles. The van der Waals surface area contributed by atoms with Crippen LogP contribution in [0.3, 0.4) is 0 Å². The molecule has 0 amide bonds. The summed E-state index contributed by atoms with van der Waals surface area (Å²) in [4.78, 5) is 0. The molecule has 0 saturated heterocycles. The third-order valence-electron chi connectivity index (χ3n) is 15.2. The van der Waals surface area contributed by atoms with E-state index >= 15 is 0 Å². The average Bonchev–Trinajstić information content (AvgIpc) is 3.60. The summed E-state index contributed by atoms with van der Waals surface area (Å²) in [5, 5.41) is 0. The van der Waals surface area contributed by atoms with Gasteiger partial charge in [0.1, 0.15) is 5.76 Å². The lowest BCUT2D eigenvalue weighted by Gasteiger charge is -2.47. The summed E-state index contributed by atoms with van der Waals surface area (Å²) in [5.74, 6) is 4.63. The van der Waals surface area contributed by atoms with Crippen LogP contribution in [0, 0.1) is 46.3 Å². The Kier molecular flexibility index (Phi) is 11.2. The van der Waals surface area contributed by atoms with Gasteiger partial charge in [-0.15, -0.1) is 0 Å². The van der Waals surface area contributed by atoms with Gasteiger partial charge >= 0.3 is 0 Å². The normalized spacial score (nSPS) is 28.8. The van der Waals surface area contributed by atoms with E-state index < -0.39 is 8.07 Å². The van der Waals surface area contributed by atoms with Crippen molar-refractivity contribution in [3.63, 3.8) is 0 Å². The summed E-state index contributed by atoms with van der Waals surface area (Å²) in [6.07, 6.45) is 10.7.